The van der Waals surface area contributed by atoms with Gasteiger partial charge in [-0.2, -0.15) is 0 Å². The number of carbonyl (C=O) groups excluding carboxylic acids is 1. The molecule has 8 rings (SSSR count). The largest absolute Gasteiger partial charge is 0.385 e. The normalized spacial score (nSPS) is 19.4. The van der Waals surface area contributed by atoms with E-state index in [1.54, 1.807) is 0 Å². The minimum atomic E-state index is -0.936. The van der Waals surface area contributed by atoms with E-state index in [1.165, 1.54) is 58.6 Å². The maximum atomic E-state index is 13.0. The van der Waals surface area contributed by atoms with E-state index in [-0.39, 0.29) is 5.78 Å². The van der Waals surface area contributed by atoms with E-state index in [2.05, 4.69) is 78.9 Å². The van der Waals surface area contributed by atoms with Gasteiger partial charge in [-0.05, 0) is 97.8 Å². The molecule has 6 aromatic rings. The van der Waals surface area contributed by atoms with Crippen LogP contribution < -0.4 is 0 Å². The zero-order valence-corrected chi connectivity index (χ0v) is 23.1. The Labute approximate surface area is 236 Å². The highest BCUT2D eigenvalue weighted by Gasteiger charge is 2.30. The number of hydrogen-bond acceptors (Lipinski definition) is 3. The zero-order chi connectivity index (χ0) is 27.0. The molecular formula is C37H28O2S. The molecule has 0 saturated carbocycles. The van der Waals surface area contributed by atoms with E-state index < -0.39 is 12.0 Å². The number of benzene rings is 5. The summed E-state index contributed by atoms with van der Waals surface area (Å²) in [6.07, 6.45) is 12.2. The first-order valence-corrected chi connectivity index (χ1v) is 14.9. The van der Waals surface area contributed by atoms with Crippen LogP contribution in [0.4, 0.5) is 0 Å². The summed E-state index contributed by atoms with van der Waals surface area (Å²) >= 11 is 1.94. The number of fused-ring (bicyclic) bond motifs is 3. The van der Waals surface area contributed by atoms with Crippen molar-refractivity contribution >= 4 is 71.2 Å². The molecule has 1 heterocycles. The van der Waals surface area contributed by atoms with E-state index in [4.69, 9.17) is 0 Å². The fourth-order valence-electron chi connectivity index (χ4n) is 6.94. The number of aliphatic hydroxyl groups is 1. The molecule has 2 unspecified atom stereocenters. The van der Waals surface area contributed by atoms with Gasteiger partial charge < -0.3 is 5.11 Å². The summed E-state index contributed by atoms with van der Waals surface area (Å²) in [5.41, 5.74) is 5.91. The van der Waals surface area contributed by atoms with Crippen LogP contribution >= 0.6 is 11.3 Å². The second-order valence-electron chi connectivity index (χ2n) is 11.0. The third-order valence-electron chi connectivity index (χ3n) is 8.88. The number of hydrogen-bond donors (Lipinski definition) is 1. The summed E-state index contributed by atoms with van der Waals surface area (Å²) in [6, 6.07) is 24.7. The smallest absolute Gasteiger partial charge is 0.172 e. The van der Waals surface area contributed by atoms with Gasteiger partial charge in [0.25, 0.3) is 0 Å². The molecule has 0 fully saturated rings. The van der Waals surface area contributed by atoms with Crippen molar-refractivity contribution in [3.63, 3.8) is 0 Å². The van der Waals surface area contributed by atoms with Gasteiger partial charge in [0.05, 0.1) is 5.92 Å². The standard InChI is InChI=1S/C37H28O2S/c1-2-24(31-7-5-8-32(38)37(31)39)26-16-11-22-12-18-29-25(15-10-21-13-19-30(26)36(22)35(21)29)23-14-17-28-27-6-3-4-9-33(27)40-34(28)20-23/h2-3,5-7,10-20,31-32,38H,4,8-9H2,1H3/b24-2-. The summed E-state index contributed by atoms with van der Waals surface area (Å²) in [7, 11) is 0. The van der Waals surface area contributed by atoms with Crippen molar-refractivity contribution in [2.75, 3.05) is 0 Å². The van der Waals surface area contributed by atoms with Crippen LogP contribution in [-0.2, 0) is 11.2 Å². The van der Waals surface area contributed by atoms with Crippen LogP contribution in [0.2, 0.25) is 0 Å². The molecule has 0 aliphatic heterocycles. The fraction of sp³-hybridized carbons (Fsp3) is 0.162. The Morgan fingerprint density at radius 1 is 0.900 bits per heavy atom. The lowest BCUT2D eigenvalue weighted by Gasteiger charge is -2.24. The SMILES string of the molecule is C/C=C(/c1ccc2ccc3c(-c4ccc5c6c(sc5c4)CCC=C6)ccc4ccc1c2c43)C1C=CCC(O)C1=O. The summed E-state index contributed by atoms with van der Waals surface area (Å²) in [5.74, 6) is -0.550. The molecule has 2 nitrogen and oxygen atoms in total. The van der Waals surface area contributed by atoms with Crippen LogP contribution in [0.3, 0.4) is 0 Å². The van der Waals surface area contributed by atoms with Crippen molar-refractivity contribution < 1.29 is 9.90 Å². The molecule has 0 radical (unpaired) electrons. The fourth-order valence-corrected chi connectivity index (χ4v) is 8.19. The summed E-state index contributed by atoms with van der Waals surface area (Å²) < 4.78 is 1.35. The molecule has 1 aromatic heterocycles. The molecule has 1 N–H and O–H groups in total. The maximum Gasteiger partial charge on any atom is 0.172 e. The Morgan fingerprint density at radius 2 is 1.65 bits per heavy atom. The zero-order valence-electron chi connectivity index (χ0n) is 22.3. The summed E-state index contributed by atoms with van der Waals surface area (Å²) in [4.78, 5) is 14.5. The minimum Gasteiger partial charge on any atom is -0.385 e. The van der Waals surface area contributed by atoms with E-state index in [9.17, 15) is 9.90 Å². The van der Waals surface area contributed by atoms with Crippen LogP contribution in [0, 0.1) is 5.92 Å². The molecule has 0 amide bonds. The predicted molar refractivity (Wildman–Crippen MR) is 170 cm³/mol. The number of ketones is 1. The minimum absolute atomic E-state index is 0.121. The van der Waals surface area contributed by atoms with Gasteiger partial charge in [0.1, 0.15) is 6.10 Å². The van der Waals surface area contributed by atoms with E-state index >= 15 is 0 Å². The third kappa shape index (κ3) is 3.41. The molecule has 40 heavy (non-hydrogen) atoms. The van der Waals surface area contributed by atoms with Crippen LogP contribution in [0.5, 0.6) is 0 Å². The van der Waals surface area contributed by atoms with Crippen molar-refractivity contribution in [3.8, 4) is 11.1 Å². The molecular weight excluding hydrogens is 508 g/mol. The number of allylic oxidation sites excluding steroid dienone is 4. The Kier molecular flexibility index (Phi) is 5.35. The molecule has 5 aromatic carbocycles. The monoisotopic (exact) mass is 536 g/mol. The molecule has 0 bridgehead atoms. The Balaban J connectivity index is 1.34. The number of Topliss-reactive ketones (excluding diaryl/α,β-unsaturated/α-hetero) is 1. The van der Waals surface area contributed by atoms with Crippen molar-refractivity contribution in [1.82, 2.24) is 0 Å². The van der Waals surface area contributed by atoms with Gasteiger partial charge in [0.15, 0.2) is 5.78 Å². The topological polar surface area (TPSA) is 37.3 Å². The van der Waals surface area contributed by atoms with Gasteiger partial charge in [-0.3, -0.25) is 4.79 Å². The Bertz CT molecular complexity index is 2090. The van der Waals surface area contributed by atoms with Crippen molar-refractivity contribution in [1.29, 1.82) is 0 Å². The number of aryl methyl sites for hydroxylation is 1. The van der Waals surface area contributed by atoms with Gasteiger partial charge in [-0.1, -0.05) is 91.0 Å². The van der Waals surface area contributed by atoms with Gasteiger partial charge in [0.2, 0.25) is 0 Å². The second kappa shape index (κ2) is 8.99. The van der Waals surface area contributed by atoms with Crippen LogP contribution in [0.15, 0.2) is 91.0 Å². The van der Waals surface area contributed by atoms with Gasteiger partial charge in [0, 0.05) is 9.58 Å². The Hall–Kier alpha value is -4.05. The lowest BCUT2D eigenvalue weighted by atomic mass is 9.80. The molecule has 194 valence electrons. The summed E-state index contributed by atoms with van der Waals surface area (Å²) in [5, 5.41) is 19.0. The van der Waals surface area contributed by atoms with Gasteiger partial charge in [-0.25, -0.2) is 0 Å². The highest BCUT2D eigenvalue weighted by Crippen LogP contribution is 2.44. The first kappa shape index (κ1) is 23.8. The van der Waals surface area contributed by atoms with E-state index in [0.717, 1.165) is 29.4 Å². The average Bonchev–Trinajstić information content (AvgIpc) is 3.36. The van der Waals surface area contributed by atoms with Crippen LogP contribution in [-0.4, -0.2) is 17.0 Å². The number of thiophene rings is 1. The van der Waals surface area contributed by atoms with Crippen molar-refractivity contribution in [2.45, 2.75) is 32.3 Å². The highest BCUT2D eigenvalue weighted by molar-refractivity contribution is 7.19. The van der Waals surface area contributed by atoms with Gasteiger partial charge in [-0.15, -0.1) is 11.3 Å². The van der Waals surface area contributed by atoms with Crippen molar-refractivity contribution in [2.24, 2.45) is 5.92 Å². The molecule has 2 aliphatic rings. The van der Waals surface area contributed by atoms with E-state index in [1.807, 2.05) is 36.5 Å². The quantitative estimate of drug-likeness (QED) is 0.181. The molecule has 2 atom stereocenters. The first-order chi connectivity index (χ1) is 19.6. The van der Waals surface area contributed by atoms with Crippen molar-refractivity contribution in [3.05, 3.63) is 107 Å². The molecule has 0 saturated heterocycles. The summed E-state index contributed by atoms with van der Waals surface area (Å²) in [6.45, 7) is 1.99. The maximum absolute atomic E-state index is 13.0. The van der Waals surface area contributed by atoms with Gasteiger partial charge >= 0.3 is 0 Å². The average molecular weight is 537 g/mol. The predicted octanol–water partition coefficient (Wildman–Crippen LogP) is 9.33. The number of rotatable bonds is 3. The molecule has 2 aliphatic carbocycles. The number of carbonyl (C=O) groups is 1. The van der Waals surface area contributed by atoms with E-state index in [0.29, 0.717) is 6.42 Å². The Morgan fingerprint density at radius 3 is 2.50 bits per heavy atom. The first-order valence-electron chi connectivity index (χ1n) is 14.1. The number of aliphatic hydroxyl groups excluding tert-OH is 1. The second-order valence-corrected chi connectivity index (χ2v) is 12.2. The molecule has 3 heteroatoms. The molecule has 0 spiro atoms. The van der Waals surface area contributed by atoms with Crippen LogP contribution in [0.1, 0.15) is 35.8 Å². The lowest BCUT2D eigenvalue weighted by molar-refractivity contribution is -0.128. The lowest BCUT2D eigenvalue weighted by Crippen LogP contribution is -2.30. The van der Waals surface area contributed by atoms with Crippen LogP contribution in [0.25, 0.3) is 65.2 Å². The highest BCUT2D eigenvalue weighted by atomic mass is 32.1. The third-order valence-corrected chi connectivity index (χ3v) is 10.1.